The van der Waals surface area contributed by atoms with Gasteiger partial charge in [-0.05, 0) is 42.7 Å². The van der Waals surface area contributed by atoms with Crippen molar-refractivity contribution in [3.05, 3.63) is 59.7 Å². The van der Waals surface area contributed by atoms with E-state index in [1.165, 1.54) is 11.8 Å². The lowest BCUT2D eigenvalue weighted by molar-refractivity contribution is -0.125. The van der Waals surface area contributed by atoms with Gasteiger partial charge in [0.05, 0.1) is 12.9 Å². The third-order valence-electron chi connectivity index (χ3n) is 4.38. The Morgan fingerprint density at radius 2 is 1.89 bits per heavy atom. The number of aryl methyl sites for hydroxylation is 1. The van der Waals surface area contributed by atoms with Crippen molar-refractivity contribution in [3.8, 4) is 5.75 Å². The van der Waals surface area contributed by atoms with Crippen LogP contribution in [-0.2, 0) is 16.0 Å². The van der Waals surface area contributed by atoms with E-state index in [1.807, 2.05) is 55.5 Å². The summed E-state index contributed by atoms with van der Waals surface area (Å²) in [4.78, 5) is 24.5. The molecule has 4 N–H and O–H groups in total. The fraction of sp³-hybridized carbons (Fsp3) is 0.300. The van der Waals surface area contributed by atoms with E-state index in [4.69, 9.17) is 4.74 Å². The normalized spacial score (nSPS) is 19.0. The molecule has 2 aromatic rings. The Labute approximate surface area is 168 Å². The molecule has 1 heterocycles. The first kappa shape index (κ1) is 20.2. The largest absolute Gasteiger partial charge is 0.497 e. The van der Waals surface area contributed by atoms with Crippen molar-refractivity contribution in [2.24, 2.45) is 0 Å². The Morgan fingerprint density at radius 1 is 1.14 bits per heavy atom. The van der Waals surface area contributed by atoms with Gasteiger partial charge in [-0.25, -0.2) is 10.9 Å². The van der Waals surface area contributed by atoms with Crippen LogP contribution in [0.15, 0.2) is 48.5 Å². The van der Waals surface area contributed by atoms with Crippen molar-refractivity contribution in [2.45, 2.75) is 24.9 Å². The number of methoxy groups -OCH3 is 1. The molecule has 8 heteroatoms. The second-order valence-electron chi connectivity index (χ2n) is 6.46. The van der Waals surface area contributed by atoms with Crippen molar-refractivity contribution in [3.63, 3.8) is 0 Å². The quantitative estimate of drug-likeness (QED) is 0.567. The van der Waals surface area contributed by atoms with Gasteiger partial charge in [0.2, 0.25) is 11.8 Å². The van der Waals surface area contributed by atoms with Gasteiger partial charge < -0.3 is 15.4 Å². The van der Waals surface area contributed by atoms with E-state index in [0.29, 0.717) is 6.42 Å². The molecule has 0 radical (unpaired) electrons. The first-order valence-electron chi connectivity index (χ1n) is 8.96. The molecule has 0 aromatic heterocycles. The first-order valence-corrected chi connectivity index (χ1v) is 10.0. The van der Waals surface area contributed by atoms with Crippen molar-refractivity contribution in [1.82, 2.24) is 16.2 Å². The molecule has 2 amide bonds. The number of carbonyl (C=O) groups is 2. The van der Waals surface area contributed by atoms with Crippen molar-refractivity contribution < 1.29 is 14.3 Å². The van der Waals surface area contributed by atoms with Crippen LogP contribution in [0, 0.1) is 6.92 Å². The van der Waals surface area contributed by atoms with Crippen molar-refractivity contribution in [1.29, 1.82) is 0 Å². The minimum absolute atomic E-state index is 0.105. The molecule has 1 aliphatic rings. The zero-order chi connectivity index (χ0) is 19.9. The number of anilines is 1. The Kier molecular flexibility index (Phi) is 6.91. The molecule has 148 valence electrons. The van der Waals surface area contributed by atoms with E-state index >= 15 is 0 Å². The zero-order valence-corrected chi connectivity index (χ0v) is 16.6. The summed E-state index contributed by atoms with van der Waals surface area (Å²) in [7, 11) is 1.62. The number of nitrogens with one attached hydrogen (secondary N) is 4. The highest BCUT2D eigenvalue weighted by molar-refractivity contribution is 8.00. The predicted molar refractivity (Wildman–Crippen MR) is 111 cm³/mol. The summed E-state index contributed by atoms with van der Waals surface area (Å²) < 4.78 is 5.14. The lowest BCUT2D eigenvalue weighted by Crippen LogP contribution is -2.64. The third-order valence-corrected chi connectivity index (χ3v) is 5.38. The first-order chi connectivity index (χ1) is 13.5. The van der Waals surface area contributed by atoms with Crippen LogP contribution in [0.25, 0.3) is 0 Å². The van der Waals surface area contributed by atoms with Crippen LogP contribution in [0.1, 0.15) is 11.1 Å². The molecule has 0 spiro atoms. The van der Waals surface area contributed by atoms with E-state index in [9.17, 15) is 9.59 Å². The summed E-state index contributed by atoms with van der Waals surface area (Å²) in [5.74, 6) is 0.780. The third kappa shape index (κ3) is 5.48. The number of carbonyl (C=O) groups excluding carboxylic acids is 2. The number of hydrazine groups is 1. The van der Waals surface area contributed by atoms with Crippen molar-refractivity contribution in [2.75, 3.05) is 18.2 Å². The van der Waals surface area contributed by atoms with E-state index in [1.54, 1.807) is 7.11 Å². The monoisotopic (exact) mass is 400 g/mol. The minimum atomic E-state index is -0.383. The zero-order valence-electron chi connectivity index (χ0n) is 15.8. The molecule has 28 heavy (non-hydrogen) atoms. The molecule has 0 aliphatic carbocycles. The van der Waals surface area contributed by atoms with Crippen LogP contribution in [-0.4, -0.2) is 36.2 Å². The highest BCUT2D eigenvalue weighted by Gasteiger charge is 2.27. The Balaban J connectivity index is 1.44. The number of ether oxygens (including phenoxy) is 1. The van der Waals surface area contributed by atoms with Crippen molar-refractivity contribution >= 4 is 29.3 Å². The maximum Gasteiger partial charge on any atom is 0.240 e. The maximum atomic E-state index is 12.4. The van der Waals surface area contributed by atoms with Gasteiger partial charge in [0.1, 0.15) is 17.3 Å². The van der Waals surface area contributed by atoms with Gasteiger partial charge in [0.15, 0.2) is 0 Å². The Hall–Kier alpha value is -2.55. The second-order valence-corrected chi connectivity index (χ2v) is 7.55. The molecular formula is C20H24N4O3S. The van der Waals surface area contributed by atoms with Gasteiger partial charge in [-0.1, -0.05) is 30.3 Å². The van der Waals surface area contributed by atoms with Gasteiger partial charge >= 0.3 is 0 Å². The molecule has 1 aliphatic heterocycles. The Morgan fingerprint density at radius 3 is 2.57 bits per heavy atom. The fourth-order valence-corrected chi connectivity index (χ4v) is 3.53. The Bertz CT molecular complexity index is 828. The summed E-state index contributed by atoms with van der Waals surface area (Å²) in [5, 5.41) is 5.77. The van der Waals surface area contributed by atoms with Gasteiger partial charge in [0, 0.05) is 5.69 Å². The fourth-order valence-electron chi connectivity index (χ4n) is 2.79. The summed E-state index contributed by atoms with van der Waals surface area (Å²) >= 11 is 1.31. The second kappa shape index (κ2) is 9.59. The van der Waals surface area contributed by atoms with Crippen LogP contribution in [0.3, 0.4) is 0 Å². The molecule has 1 fully saturated rings. The number of hydrogen-bond acceptors (Lipinski definition) is 6. The number of thioether (sulfide) groups is 1. The lowest BCUT2D eigenvalue weighted by atomic mass is 10.1. The number of para-hydroxylation sites is 1. The number of amides is 2. The molecule has 1 saturated heterocycles. The summed E-state index contributed by atoms with van der Waals surface area (Å²) in [6.45, 7) is 1.94. The summed E-state index contributed by atoms with van der Waals surface area (Å²) in [5.41, 5.74) is 8.54. The summed E-state index contributed by atoms with van der Waals surface area (Å²) in [6, 6.07) is 14.8. The van der Waals surface area contributed by atoms with Crippen LogP contribution < -0.4 is 26.2 Å². The molecule has 0 bridgehead atoms. The molecule has 2 aromatic carbocycles. The van der Waals surface area contributed by atoms with Crippen LogP contribution in [0.4, 0.5) is 5.69 Å². The molecule has 3 rings (SSSR count). The molecule has 0 saturated carbocycles. The number of rotatable bonds is 7. The van der Waals surface area contributed by atoms with Crippen LogP contribution in [0.2, 0.25) is 0 Å². The van der Waals surface area contributed by atoms with E-state index in [2.05, 4.69) is 21.5 Å². The van der Waals surface area contributed by atoms with Crippen LogP contribution in [0.5, 0.6) is 5.75 Å². The summed E-state index contributed by atoms with van der Waals surface area (Å²) in [6.07, 6.45) is 0.550. The SMILES string of the molecule is COc1ccc(CC2NNC(SCC(=O)Nc3ccccc3C)NC2=O)cc1. The number of hydrogen-bond donors (Lipinski definition) is 4. The van der Waals surface area contributed by atoms with E-state index in [0.717, 1.165) is 22.6 Å². The molecule has 7 nitrogen and oxygen atoms in total. The molecular weight excluding hydrogens is 376 g/mol. The topological polar surface area (TPSA) is 91.5 Å². The van der Waals surface area contributed by atoms with Crippen LogP contribution >= 0.6 is 11.8 Å². The van der Waals surface area contributed by atoms with E-state index in [-0.39, 0.29) is 29.1 Å². The molecule has 2 atom stereocenters. The minimum Gasteiger partial charge on any atom is -0.497 e. The van der Waals surface area contributed by atoms with E-state index < -0.39 is 0 Å². The maximum absolute atomic E-state index is 12.4. The lowest BCUT2D eigenvalue weighted by Gasteiger charge is -2.31. The highest BCUT2D eigenvalue weighted by atomic mass is 32.2. The molecule has 2 unspecified atom stereocenters. The van der Waals surface area contributed by atoms with Gasteiger partial charge in [-0.15, -0.1) is 11.8 Å². The standard InChI is InChI=1S/C20H24N4O3S/c1-13-5-3-4-6-16(13)21-18(25)12-28-20-22-19(26)17(23-24-20)11-14-7-9-15(27-2)10-8-14/h3-10,17,20,23-24H,11-12H2,1-2H3,(H,21,25)(H,22,26). The predicted octanol–water partition coefficient (Wildman–Crippen LogP) is 1.79. The number of benzene rings is 2. The smallest absolute Gasteiger partial charge is 0.240 e. The van der Waals surface area contributed by atoms with Gasteiger partial charge in [-0.3, -0.25) is 9.59 Å². The van der Waals surface area contributed by atoms with Gasteiger partial charge in [-0.2, -0.15) is 0 Å². The van der Waals surface area contributed by atoms with Gasteiger partial charge in [0.25, 0.3) is 0 Å². The average Bonchev–Trinajstić information content (AvgIpc) is 2.70. The average molecular weight is 401 g/mol. The highest BCUT2D eigenvalue weighted by Crippen LogP contribution is 2.16.